The second kappa shape index (κ2) is 8.57. The molecule has 0 saturated carbocycles. The highest BCUT2D eigenvalue weighted by atomic mass is 16.5. The number of guanidine groups is 1. The third kappa shape index (κ3) is 4.58. The monoisotopic (exact) mass is 371 g/mol. The molecule has 1 aromatic heterocycles. The van der Waals surface area contributed by atoms with Crippen LogP contribution in [0, 0.1) is 13.8 Å². The van der Waals surface area contributed by atoms with Gasteiger partial charge in [-0.25, -0.2) is 4.98 Å². The lowest BCUT2D eigenvalue weighted by Crippen LogP contribution is -2.42. The molecule has 8 nitrogen and oxygen atoms in total. The van der Waals surface area contributed by atoms with Crippen LogP contribution in [0.3, 0.4) is 0 Å². The molecule has 2 heterocycles. The van der Waals surface area contributed by atoms with Crippen LogP contribution >= 0.6 is 0 Å². The lowest BCUT2D eigenvalue weighted by atomic mass is 10.2. The molecule has 27 heavy (non-hydrogen) atoms. The summed E-state index contributed by atoms with van der Waals surface area (Å²) in [5, 5.41) is 6.41. The molecule has 1 aliphatic rings. The van der Waals surface area contributed by atoms with Crippen molar-refractivity contribution >= 4 is 17.6 Å². The highest BCUT2D eigenvalue weighted by Crippen LogP contribution is 2.31. The van der Waals surface area contributed by atoms with Crippen LogP contribution in [0.15, 0.2) is 33.7 Å². The quantitative estimate of drug-likeness (QED) is 0.457. The van der Waals surface area contributed by atoms with E-state index >= 15 is 0 Å². The predicted molar refractivity (Wildman–Crippen MR) is 103 cm³/mol. The van der Waals surface area contributed by atoms with Gasteiger partial charge in [-0.3, -0.25) is 9.79 Å². The second-order valence-electron chi connectivity index (χ2n) is 6.26. The highest BCUT2D eigenvalue weighted by Gasteiger charge is 2.24. The topological polar surface area (TPSA) is 92.0 Å². The van der Waals surface area contributed by atoms with Crippen molar-refractivity contribution in [1.29, 1.82) is 0 Å². The van der Waals surface area contributed by atoms with Crippen LogP contribution in [0.2, 0.25) is 0 Å². The van der Waals surface area contributed by atoms with Gasteiger partial charge in [-0.05, 0) is 32.4 Å². The number of fused-ring (bicyclic) bond motifs is 1. The van der Waals surface area contributed by atoms with Crippen molar-refractivity contribution in [3.63, 3.8) is 0 Å². The number of oxazole rings is 1. The Hall–Kier alpha value is -3.03. The number of nitrogens with one attached hydrogen (secondary N) is 2. The number of ether oxygens (including phenoxy) is 1. The van der Waals surface area contributed by atoms with Crippen LogP contribution in [-0.4, -0.2) is 43.6 Å². The van der Waals surface area contributed by atoms with Gasteiger partial charge >= 0.3 is 0 Å². The van der Waals surface area contributed by atoms with Crippen molar-refractivity contribution in [2.45, 2.75) is 26.8 Å². The van der Waals surface area contributed by atoms with E-state index in [0.717, 1.165) is 29.3 Å². The van der Waals surface area contributed by atoms with E-state index in [1.165, 1.54) is 0 Å². The molecule has 1 aromatic carbocycles. The van der Waals surface area contributed by atoms with E-state index in [0.29, 0.717) is 31.5 Å². The van der Waals surface area contributed by atoms with Crippen molar-refractivity contribution in [3.05, 3.63) is 41.6 Å². The summed E-state index contributed by atoms with van der Waals surface area (Å²) < 4.78 is 11.0. The first-order chi connectivity index (χ1) is 13.1. The minimum atomic E-state index is -0.0224. The number of rotatable bonds is 6. The molecular weight excluding hydrogens is 346 g/mol. The Labute approximate surface area is 158 Å². The molecular formula is C19H25N5O3. The molecule has 2 N–H and O–H groups in total. The van der Waals surface area contributed by atoms with E-state index < -0.39 is 0 Å². The Morgan fingerprint density at radius 3 is 2.85 bits per heavy atom. The maximum Gasteiger partial charge on any atom is 0.265 e. The Morgan fingerprint density at radius 2 is 2.11 bits per heavy atom. The molecule has 0 radical (unpaired) electrons. The fraction of sp³-hybridized carbons (Fsp3) is 0.421. The van der Waals surface area contributed by atoms with Crippen LogP contribution in [-0.2, 0) is 11.3 Å². The highest BCUT2D eigenvalue weighted by molar-refractivity contribution is 5.97. The van der Waals surface area contributed by atoms with E-state index in [4.69, 9.17) is 9.15 Å². The fourth-order valence-corrected chi connectivity index (χ4v) is 2.84. The summed E-state index contributed by atoms with van der Waals surface area (Å²) in [5.41, 5.74) is 1.72. The number of nitrogens with zero attached hydrogens (tertiary/aromatic N) is 3. The maximum absolute atomic E-state index is 12.2. The van der Waals surface area contributed by atoms with Crippen LogP contribution < -0.4 is 20.3 Å². The van der Waals surface area contributed by atoms with Gasteiger partial charge in [0.1, 0.15) is 11.5 Å². The maximum atomic E-state index is 12.2. The van der Waals surface area contributed by atoms with Gasteiger partial charge in [0, 0.05) is 20.1 Å². The zero-order valence-electron chi connectivity index (χ0n) is 15.9. The predicted octanol–water partition coefficient (Wildman–Crippen LogP) is 1.77. The smallest absolute Gasteiger partial charge is 0.265 e. The number of hydrogen-bond donors (Lipinski definition) is 2. The summed E-state index contributed by atoms with van der Waals surface area (Å²) >= 11 is 0. The SMILES string of the molecule is CN=C(NCCCN1C(=O)COc2ccccc21)NCc1nc(C)c(C)o1. The Morgan fingerprint density at radius 1 is 1.30 bits per heavy atom. The number of carbonyl (C=O) groups is 1. The van der Waals surface area contributed by atoms with Gasteiger partial charge < -0.3 is 24.7 Å². The molecule has 0 aliphatic carbocycles. The summed E-state index contributed by atoms with van der Waals surface area (Å²) in [6.07, 6.45) is 0.776. The zero-order valence-corrected chi connectivity index (χ0v) is 15.9. The molecule has 0 fully saturated rings. The standard InChI is InChI=1S/C19H25N5O3/c1-13-14(2)27-17(23-13)11-22-19(20-3)21-9-6-10-24-15-7-4-5-8-16(15)26-12-18(24)25/h4-5,7-8H,6,9-12H2,1-3H3,(H2,20,21,22). The minimum Gasteiger partial charge on any atom is -0.482 e. The number of carbonyl (C=O) groups excluding carboxylic acids is 1. The van der Waals surface area contributed by atoms with Gasteiger partial charge in [0.25, 0.3) is 5.91 Å². The molecule has 0 bridgehead atoms. The van der Waals surface area contributed by atoms with Crippen molar-refractivity contribution in [1.82, 2.24) is 15.6 Å². The molecule has 0 spiro atoms. The Bertz CT molecular complexity index is 811. The third-order valence-corrected chi connectivity index (χ3v) is 4.36. The molecule has 1 aliphatic heterocycles. The molecule has 8 heteroatoms. The van der Waals surface area contributed by atoms with Crippen molar-refractivity contribution in [2.24, 2.45) is 4.99 Å². The van der Waals surface area contributed by atoms with Gasteiger partial charge in [-0.1, -0.05) is 12.1 Å². The summed E-state index contributed by atoms with van der Waals surface area (Å²) in [6, 6.07) is 7.59. The van der Waals surface area contributed by atoms with Crippen molar-refractivity contribution in [3.8, 4) is 5.75 Å². The van der Waals surface area contributed by atoms with Gasteiger partial charge in [0.15, 0.2) is 12.6 Å². The molecule has 1 amide bonds. The molecule has 2 aromatic rings. The summed E-state index contributed by atoms with van der Waals surface area (Å²) in [4.78, 5) is 22.5. The first-order valence-corrected chi connectivity index (χ1v) is 8.98. The van der Waals surface area contributed by atoms with Gasteiger partial charge in [0.05, 0.1) is 17.9 Å². The molecule has 0 unspecified atom stereocenters. The fourth-order valence-electron chi connectivity index (χ4n) is 2.84. The number of hydrogen-bond acceptors (Lipinski definition) is 5. The second-order valence-corrected chi connectivity index (χ2v) is 6.26. The van der Waals surface area contributed by atoms with E-state index in [-0.39, 0.29) is 12.5 Å². The van der Waals surface area contributed by atoms with Crippen LogP contribution in [0.5, 0.6) is 5.75 Å². The molecule has 144 valence electrons. The number of anilines is 1. The summed E-state index contributed by atoms with van der Waals surface area (Å²) in [5.74, 6) is 2.84. The van der Waals surface area contributed by atoms with Gasteiger partial charge in [-0.2, -0.15) is 0 Å². The summed E-state index contributed by atoms with van der Waals surface area (Å²) in [7, 11) is 1.71. The average molecular weight is 371 g/mol. The van der Waals surface area contributed by atoms with Crippen LogP contribution in [0.25, 0.3) is 0 Å². The molecule has 0 saturated heterocycles. The van der Waals surface area contributed by atoms with E-state index in [9.17, 15) is 4.79 Å². The first kappa shape index (κ1) is 18.8. The first-order valence-electron chi connectivity index (χ1n) is 8.98. The van der Waals surface area contributed by atoms with Crippen molar-refractivity contribution < 1.29 is 13.9 Å². The van der Waals surface area contributed by atoms with E-state index in [2.05, 4.69) is 20.6 Å². The van der Waals surface area contributed by atoms with Crippen molar-refractivity contribution in [2.75, 3.05) is 31.6 Å². The third-order valence-electron chi connectivity index (χ3n) is 4.36. The van der Waals surface area contributed by atoms with Gasteiger partial charge in [-0.15, -0.1) is 0 Å². The minimum absolute atomic E-state index is 0.0224. The van der Waals surface area contributed by atoms with Gasteiger partial charge in [0.2, 0.25) is 5.89 Å². The van der Waals surface area contributed by atoms with E-state index in [1.807, 2.05) is 38.1 Å². The molecule has 0 atom stereocenters. The summed E-state index contributed by atoms with van der Waals surface area (Å²) in [6.45, 7) is 5.65. The molecule has 3 rings (SSSR count). The Kier molecular flexibility index (Phi) is 5.95. The number of amides is 1. The lowest BCUT2D eigenvalue weighted by Gasteiger charge is -2.29. The lowest BCUT2D eigenvalue weighted by molar-refractivity contribution is -0.121. The van der Waals surface area contributed by atoms with E-state index in [1.54, 1.807) is 11.9 Å². The van der Waals surface area contributed by atoms with Crippen LogP contribution in [0.4, 0.5) is 5.69 Å². The average Bonchev–Trinajstić information content (AvgIpc) is 3.00. The zero-order chi connectivity index (χ0) is 19.2. The number of aromatic nitrogens is 1. The normalized spacial score (nSPS) is 14.0. The Balaban J connectivity index is 1.45. The number of para-hydroxylation sites is 2. The van der Waals surface area contributed by atoms with Crippen LogP contribution in [0.1, 0.15) is 23.8 Å². The number of aliphatic imine (C=N–C) groups is 1. The number of aryl methyl sites for hydroxylation is 2. The largest absolute Gasteiger partial charge is 0.482 e. The number of benzene rings is 1.